The molecule has 1 atom stereocenters. The van der Waals surface area contributed by atoms with E-state index in [0.29, 0.717) is 25.8 Å². The van der Waals surface area contributed by atoms with Crippen LogP contribution in [0.2, 0.25) is 0 Å². The van der Waals surface area contributed by atoms with Gasteiger partial charge in [0, 0.05) is 12.6 Å². The maximum Gasteiger partial charge on any atom is 0.416 e. The lowest BCUT2D eigenvalue weighted by Gasteiger charge is -2.29. The summed E-state index contributed by atoms with van der Waals surface area (Å²) in [5.74, 6) is -0.796. The van der Waals surface area contributed by atoms with Gasteiger partial charge >= 0.3 is 12.1 Å². The van der Waals surface area contributed by atoms with Crippen molar-refractivity contribution in [3.05, 3.63) is 35.4 Å². The summed E-state index contributed by atoms with van der Waals surface area (Å²) in [5.41, 5.74) is -0.565. The van der Waals surface area contributed by atoms with Crippen molar-refractivity contribution in [2.45, 2.75) is 58.7 Å². The van der Waals surface area contributed by atoms with Crippen LogP contribution in [0.15, 0.2) is 24.3 Å². The lowest BCUT2D eigenvalue weighted by molar-refractivity contribution is -0.149. The first-order valence-corrected chi connectivity index (χ1v) is 8.27. The van der Waals surface area contributed by atoms with E-state index in [2.05, 4.69) is 5.32 Å². The molecule has 0 aromatic heterocycles. The van der Waals surface area contributed by atoms with Crippen LogP contribution in [0.4, 0.5) is 13.2 Å². The number of alkyl halides is 3. The lowest BCUT2D eigenvalue weighted by atomic mass is 9.82. The molecule has 0 radical (unpaired) electrons. The van der Waals surface area contributed by atoms with Gasteiger partial charge in [-0.3, -0.25) is 4.79 Å². The summed E-state index contributed by atoms with van der Waals surface area (Å²) in [6.45, 7) is 6.09. The Kier molecular flexibility index (Phi) is 7.27. The number of carboxylic acid groups (broad SMARTS) is 1. The average Bonchev–Trinajstić information content (AvgIpc) is 2.53. The van der Waals surface area contributed by atoms with Crippen LogP contribution in [0.25, 0.3) is 0 Å². The fraction of sp³-hybridized carbons (Fsp3) is 0.611. The van der Waals surface area contributed by atoms with Crippen LogP contribution < -0.4 is 5.32 Å². The molecule has 6 heteroatoms. The minimum Gasteiger partial charge on any atom is -0.481 e. The number of aliphatic carboxylic acids is 1. The summed E-state index contributed by atoms with van der Waals surface area (Å²) in [6.07, 6.45) is -1.83. The molecule has 0 aliphatic heterocycles. The highest BCUT2D eigenvalue weighted by Crippen LogP contribution is 2.29. The number of nitrogens with one attached hydrogen (secondary N) is 1. The van der Waals surface area contributed by atoms with Gasteiger partial charge in [-0.15, -0.1) is 0 Å². The minimum atomic E-state index is -4.31. The van der Waals surface area contributed by atoms with E-state index >= 15 is 0 Å². The molecule has 3 nitrogen and oxygen atoms in total. The van der Waals surface area contributed by atoms with Crippen molar-refractivity contribution in [2.24, 2.45) is 5.41 Å². The molecule has 24 heavy (non-hydrogen) atoms. The Labute approximate surface area is 141 Å². The van der Waals surface area contributed by atoms with Crippen molar-refractivity contribution in [1.82, 2.24) is 5.32 Å². The number of hydrogen-bond donors (Lipinski definition) is 2. The first-order valence-electron chi connectivity index (χ1n) is 8.27. The van der Waals surface area contributed by atoms with Crippen molar-refractivity contribution in [3.63, 3.8) is 0 Å². The van der Waals surface area contributed by atoms with Crippen LogP contribution in [-0.2, 0) is 17.4 Å². The van der Waals surface area contributed by atoms with E-state index in [1.54, 1.807) is 0 Å². The molecule has 0 spiro atoms. The molecule has 0 fully saturated rings. The topological polar surface area (TPSA) is 49.3 Å². The number of rotatable bonds is 9. The third kappa shape index (κ3) is 5.51. The van der Waals surface area contributed by atoms with E-state index in [9.17, 15) is 23.1 Å². The normalized spacial score (nSPS) is 13.8. The fourth-order valence-electron chi connectivity index (χ4n) is 2.59. The minimum absolute atomic E-state index is 0.0871. The van der Waals surface area contributed by atoms with Gasteiger partial charge in [0.1, 0.15) is 0 Å². The zero-order valence-electron chi connectivity index (χ0n) is 14.4. The Balaban J connectivity index is 2.51. The third-order valence-electron chi connectivity index (χ3n) is 4.74. The van der Waals surface area contributed by atoms with Gasteiger partial charge in [0.2, 0.25) is 0 Å². The van der Waals surface area contributed by atoms with Crippen LogP contribution in [0, 0.1) is 5.41 Å². The van der Waals surface area contributed by atoms with Crippen molar-refractivity contribution < 1.29 is 23.1 Å². The number of carboxylic acids is 1. The highest BCUT2D eigenvalue weighted by molar-refractivity contribution is 5.74. The molecule has 2 N–H and O–H groups in total. The first kappa shape index (κ1) is 20.5. The second-order valence-corrected chi connectivity index (χ2v) is 6.31. The van der Waals surface area contributed by atoms with Gasteiger partial charge in [-0.25, -0.2) is 0 Å². The van der Waals surface area contributed by atoms with Crippen molar-refractivity contribution >= 4 is 5.97 Å². The molecule has 1 rings (SSSR count). The van der Waals surface area contributed by atoms with E-state index in [1.165, 1.54) is 12.1 Å². The van der Waals surface area contributed by atoms with Crippen molar-refractivity contribution in [3.8, 4) is 0 Å². The van der Waals surface area contributed by atoms with Gasteiger partial charge in [-0.2, -0.15) is 13.2 Å². The second-order valence-electron chi connectivity index (χ2n) is 6.31. The van der Waals surface area contributed by atoms with Gasteiger partial charge in [0.25, 0.3) is 0 Å². The zero-order valence-corrected chi connectivity index (χ0v) is 14.4. The number of carbonyl (C=O) groups is 1. The Morgan fingerprint density at radius 2 is 1.71 bits per heavy atom. The molecule has 0 bridgehead atoms. The number of hydrogen-bond acceptors (Lipinski definition) is 2. The van der Waals surface area contributed by atoms with Gasteiger partial charge in [-0.05, 0) is 50.3 Å². The Morgan fingerprint density at radius 1 is 1.17 bits per heavy atom. The monoisotopic (exact) mass is 345 g/mol. The summed E-state index contributed by atoms with van der Waals surface area (Å²) < 4.78 is 37.6. The van der Waals surface area contributed by atoms with Crippen LogP contribution in [0.1, 0.15) is 51.2 Å². The lowest BCUT2D eigenvalue weighted by Crippen LogP contribution is -2.43. The number of aryl methyl sites for hydroxylation is 1. The maximum absolute atomic E-state index is 12.5. The van der Waals surface area contributed by atoms with E-state index < -0.39 is 23.1 Å². The molecular formula is C18H26F3NO2. The van der Waals surface area contributed by atoms with Gasteiger partial charge in [-0.1, -0.05) is 26.0 Å². The second kappa shape index (κ2) is 8.51. The van der Waals surface area contributed by atoms with Crippen LogP contribution >= 0.6 is 0 Å². The van der Waals surface area contributed by atoms with Crippen LogP contribution in [0.3, 0.4) is 0 Å². The highest BCUT2D eigenvalue weighted by atomic mass is 19.4. The molecule has 1 aromatic rings. The summed E-state index contributed by atoms with van der Waals surface area (Å²) >= 11 is 0. The Hall–Kier alpha value is -1.56. The summed E-state index contributed by atoms with van der Waals surface area (Å²) in [4.78, 5) is 11.5. The first-order chi connectivity index (χ1) is 11.1. The largest absolute Gasteiger partial charge is 0.481 e. The average molecular weight is 345 g/mol. The summed E-state index contributed by atoms with van der Waals surface area (Å²) in [6, 6.07) is 5.27. The van der Waals surface area contributed by atoms with Crippen LogP contribution in [0.5, 0.6) is 0 Å². The fourth-order valence-corrected chi connectivity index (χ4v) is 2.59. The van der Waals surface area contributed by atoms with Crippen molar-refractivity contribution in [2.75, 3.05) is 6.54 Å². The molecule has 1 aromatic carbocycles. The van der Waals surface area contributed by atoms with Crippen LogP contribution in [-0.4, -0.2) is 23.7 Å². The predicted octanol–water partition coefficient (Wildman–Crippen LogP) is 4.51. The van der Waals surface area contributed by atoms with Gasteiger partial charge in [0.05, 0.1) is 11.0 Å². The summed E-state index contributed by atoms with van der Waals surface area (Å²) in [5, 5.41) is 12.7. The molecule has 136 valence electrons. The molecule has 0 aliphatic rings. The molecule has 0 saturated carbocycles. The van der Waals surface area contributed by atoms with E-state index in [4.69, 9.17) is 0 Å². The molecule has 0 amide bonds. The highest BCUT2D eigenvalue weighted by Gasteiger charge is 2.34. The summed E-state index contributed by atoms with van der Waals surface area (Å²) in [7, 11) is 0. The Bertz CT molecular complexity index is 522. The molecule has 0 heterocycles. The number of benzene rings is 1. The molecule has 1 unspecified atom stereocenters. The third-order valence-corrected chi connectivity index (χ3v) is 4.74. The van der Waals surface area contributed by atoms with E-state index in [0.717, 1.165) is 24.1 Å². The molecule has 0 saturated heterocycles. The number of halogens is 3. The van der Waals surface area contributed by atoms with E-state index in [-0.39, 0.29) is 6.04 Å². The standard InChI is InChI=1S/C18H26F3NO2/c1-4-17(5-2,16(23)24)12-22-13(3)6-7-14-8-10-15(11-9-14)18(19,20)21/h8-11,13,22H,4-7,12H2,1-3H3,(H,23,24). The maximum atomic E-state index is 12.5. The predicted molar refractivity (Wildman–Crippen MR) is 87.9 cm³/mol. The Morgan fingerprint density at radius 3 is 2.12 bits per heavy atom. The van der Waals surface area contributed by atoms with E-state index in [1.807, 2.05) is 20.8 Å². The van der Waals surface area contributed by atoms with Gasteiger partial charge < -0.3 is 10.4 Å². The van der Waals surface area contributed by atoms with Gasteiger partial charge in [0.15, 0.2) is 0 Å². The zero-order chi connectivity index (χ0) is 18.4. The molecule has 0 aliphatic carbocycles. The SMILES string of the molecule is CCC(CC)(CNC(C)CCc1ccc(C(F)(F)F)cc1)C(=O)O. The van der Waals surface area contributed by atoms with Crippen molar-refractivity contribution in [1.29, 1.82) is 0 Å². The molecular weight excluding hydrogens is 319 g/mol. The quantitative estimate of drug-likeness (QED) is 0.692. The smallest absolute Gasteiger partial charge is 0.416 e.